The van der Waals surface area contributed by atoms with Gasteiger partial charge in [-0.15, -0.1) is 0 Å². The van der Waals surface area contributed by atoms with Crippen LogP contribution >= 0.6 is 0 Å². The summed E-state index contributed by atoms with van der Waals surface area (Å²) >= 11 is 0. The Hall–Kier alpha value is -4.19. The zero-order valence-corrected chi connectivity index (χ0v) is 17.9. The van der Waals surface area contributed by atoms with Gasteiger partial charge in [0, 0.05) is 10.9 Å². The summed E-state index contributed by atoms with van der Waals surface area (Å²) in [5.41, 5.74) is 6.33. The number of rotatable bonds is 7. The molecule has 4 aromatic rings. The summed E-state index contributed by atoms with van der Waals surface area (Å²) in [6.45, 7) is 2.46. The van der Waals surface area contributed by atoms with Crippen LogP contribution in [0.2, 0.25) is 0 Å². The van der Waals surface area contributed by atoms with E-state index in [-0.39, 0.29) is 5.91 Å². The summed E-state index contributed by atoms with van der Waals surface area (Å²) in [6, 6.07) is 24.6. The topological polar surface area (TPSA) is 72.8 Å². The summed E-state index contributed by atoms with van der Waals surface area (Å²) in [5, 5.41) is 4.90. The Balaban J connectivity index is 1.60. The van der Waals surface area contributed by atoms with Gasteiger partial charge in [-0.2, -0.15) is 5.10 Å². The monoisotopic (exact) mass is 425 g/mol. The largest absolute Gasteiger partial charge is 0.493 e. The van der Waals surface area contributed by atoms with Gasteiger partial charge in [0.1, 0.15) is 0 Å². The van der Waals surface area contributed by atoms with Gasteiger partial charge in [-0.05, 0) is 42.8 Å². The zero-order chi connectivity index (χ0) is 22.3. The molecule has 6 nitrogen and oxygen atoms in total. The Bertz CT molecular complexity index is 1270. The van der Waals surface area contributed by atoms with Crippen LogP contribution in [0.5, 0.6) is 11.5 Å². The summed E-state index contributed by atoms with van der Waals surface area (Å²) < 4.78 is 10.9. The maximum atomic E-state index is 13.0. The van der Waals surface area contributed by atoms with Gasteiger partial charge in [0.25, 0.3) is 5.91 Å². The quantitative estimate of drug-likeness (QED) is 0.331. The number of methoxy groups -OCH3 is 1. The lowest BCUT2D eigenvalue weighted by Crippen LogP contribution is -2.18. The van der Waals surface area contributed by atoms with Gasteiger partial charge in [-0.25, -0.2) is 10.4 Å². The van der Waals surface area contributed by atoms with Crippen LogP contribution in [0.15, 0.2) is 84.0 Å². The number of hydrazone groups is 1. The summed E-state index contributed by atoms with van der Waals surface area (Å²) in [4.78, 5) is 17.7. The number of nitrogens with one attached hydrogen (secondary N) is 1. The molecule has 1 N–H and O–H groups in total. The fourth-order valence-electron chi connectivity index (χ4n) is 3.38. The highest BCUT2D eigenvalue weighted by Crippen LogP contribution is 2.27. The van der Waals surface area contributed by atoms with Gasteiger partial charge >= 0.3 is 0 Å². The Morgan fingerprint density at radius 3 is 2.56 bits per heavy atom. The molecule has 0 aliphatic carbocycles. The highest BCUT2D eigenvalue weighted by Gasteiger charge is 2.13. The molecule has 0 spiro atoms. The first-order chi connectivity index (χ1) is 15.7. The molecule has 0 radical (unpaired) electrons. The van der Waals surface area contributed by atoms with E-state index in [4.69, 9.17) is 14.5 Å². The number of carbonyl (C=O) groups is 1. The number of fused-ring (bicyclic) bond motifs is 1. The molecule has 32 heavy (non-hydrogen) atoms. The molecule has 1 heterocycles. The van der Waals surface area contributed by atoms with Crippen LogP contribution < -0.4 is 14.9 Å². The van der Waals surface area contributed by atoms with E-state index in [1.807, 2.05) is 73.7 Å². The molecule has 1 aromatic heterocycles. The summed E-state index contributed by atoms with van der Waals surface area (Å²) in [5.74, 6) is 0.956. The highest BCUT2D eigenvalue weighted by molar-refractivity contribution is 6.07. The third-order valence-corrected chi connectivity index (χ3v) is 4.90. The second-order valence-electron chi connectivity index (χ2n) is 6.98. The van der Waals surface area contributed by atoms with E-state index in [2.05, 4.69) is 10.5 Å². The Kier molecular flexibility index (Phi) is 6.41. The summed E-state index contributed by atoms with van der Waals surface area (Å²) in [6.07, 6.45) is 1.57. The highest BCUT2D eigenvalue weighted by atomic mass is 16.5. The molecule has 6 heteroatoms. The molecule has 0 bridgehead atoms. The van der Waals surface area contributed by atoms with Crippen molar-refractivity contribution in [3.8, 4) is 22.8 Å². The molecule has 1 amide bonds. The van der Waals surface area contributed by atoms with Crippen molar-refractivity contribution in [1.29, 1.82) is 0 Å². The lowest BCUT2D eigenvalue weighted by Gasteiger charge is -2.10. The molecule has 0 atom stereocenters. The van der Waals surface area contributed by atoms with Crippen LogP contribution in [0.25, 0.3) is 22.2 Å². The van der Waals surface area contributed by atoms with Crippen LogP contribution in [-0.4, -0.2) is 30.8 Å². The minimum Gasteiger partial charge on any atom is -0.493 e. The molecule has 3 aromatic carbocycles. The van der Waals surface area contributed by atoms with E-state index >= 15 is 0 Å². The zero-order valence-electron chi connectivity index (χ0n) is 17.9. The fourth-order valence-corrected chi connectivity index (χ4v) is 3.38. The van der Waals surface area contributed by atoms with Crippen molar-refractivity contribution in [1.82, 2.24) is 10.4 Å². The first kappa shape index (κ1) is 21.1. The van der Waals surface area contributed by atoms with Crippen LogP contribution in [0.4, 0.5) is 0 Å². The molecule has 0 aliphatic heterocycles. The molecule has 0 fully saturated rings. The Labute approximate surface area is 186 Å². The number of hydrogen-bond donors (Lipinski definition) is 1. The molecule has 0 unspecified atom stereocenters. The van der Waals surface area contributed by atoms with E-state index in [1.165, 1.54) is 0 Å². The van der Waals surface area contributed by atoms with Gasteiger partial charge in [0.15, 0.2) is 11.5 Å². The van der Waals surface area contributed by atoms with Crippen LogP contribution in [0.1, 0.15) is 22.8 Å². The van der Waals surface area contributed by atoms with Gasteiger partial charge < -0.3 is 9.47 Å². The van der Waals surface area contributed by atoms with E-state index in [0.717, 1.165) is 27.7 Å². The molecule has 4 rings (SSSR count). The second kappa shape index (κ2) is 9.75. The van der Waals surface area contributed by atoms with Crippen molar-refractivity contribution >= 4 is 23.0 Å². The number of carbonyl (C=O) groups excluding carboxylic acids is 1. The van der Waals surface area contributed by atoms with Crippen LogP contribution in [-0.2, 0) is 0 Å². The van der Waals surface area contributed by atoms with Crippen molar-refractivity contribution in [2.45, 2.75) is 6.92 Å². The van der Waals surface area contributed by atoms with Gasteiger partial charge in [-0.1, -0.05) is 48.5 Å². The lowest BCUT2D eigenvalue weighted by atomic mass is 10.0. The average molecular weight is 425 g/mol. The minimum absolute atomic E-state index is 0.310. The third-order valence-electron chi connectivity index (χ3n) is 4.90. The van der Waals surface area contributed by atoms with E-state index < -0.39 is 0 Å². The van der Waals surface area contributed by atoms with Gasteiger partial charge in [0.2, 0.25) is 0 Å². The standard InChI is InChI=1S/C26H23N3O3/c1-3-32-24-14-13-18(15-25(24)31-2)17-27-29-26(30)21-16-23(19-9-5-4-6-10-19)28-22-12-8-7-11-20(21)22/h4-17H,3H2,1-2H3,(H,29,30)/b27-17-. The smallest absolute Gasteiger partial charge is 0.272 e. The van der Waals surface area contributed by atoms with Crippen molar-refractivity contribution in [3.05, 3.63) is 90.0 Å². The Morgan fingerprint density at radius 1 is 1.00 bits per heavy atom. The normalized spacial score (nSPS) is 10.9. The molecule has 0 aliphatic rings. The SMILES string of the molecule is CCOc1ccc(/C=N\NC(=O)c2cc(-c3ccccc3)nc3ccccc23)cc1OC. The maximum absolute atomic E-state index is 13.0. The first-order valence-electron chi connectivity index (χ1n) is 10.3. The first-order valence-corrected chi connectivity index (χ1v) is 10.3. The number of ether oxygens (including phenoxy) is 2. The average Bonchev–Trinajstić information content (AvgIpc) is 2.84. The Morgan fingerprint density at radius 2 is 1.78 bits per heavy atom. The molecular formula is C26H23N3O3. The predicted octanol–water partition coefficient (Wildman–Crippen LogP) is 5.07. The predicted molar refractivity (Wildman–Crippen MR) is 126 cm³/mol. The van der Waals surface area contributed by atoms with E-state index in [9.17, 15) is 4.79 Å². The van der Waals surface area contributed by atoms with Crippen molar-refractivity contribution in [2.24, 2.45) is 5.10 Å². The maximum Gasteiger partial charge on any atom is 0.272 e. The summed E-state index contributed by atoms with van der Waals surface area (Å²) in [7, 11) is 1.58. The number of amides is 1. The van der Waals surface area contributed by atoms with Gasteiger partial charge in [-0.3, -0.25) is 4.79 Å². The van der Waals surface area contributed by atoms with Crippen molar-refractivity contribution in [2.75, 3.05) is 13.7 Å². The number of aromatic nitrogens is 1. The van der Waals surface area contributed by atoms with Crippen molar-refractivity contribution in [3.63, 3.8) is 0 Å². The molecule has 0 saturated carbocycles. The van der Waals surface area contributed by atoms with E-state index in [0.29, 0.717) is 23.7 Å². The van der Waals surface area contributed by atoms with Crippen molar-refractivity contribution < 1.29 is 14.3 Å². The number of pyridine rings is 1. The number of para-hydroxylation sites is 1. The van der Waals surface area contributed by atoms with Crippen LogP contribution in [0.3, 0.4) is 0 Å². The lowest BCUT2D eigenvalue weighted by molar-refractivity contribution is 0.0956. The molecule has 0 saturated heterocycles. The third kappa shape index (κ3) is 4.59. The minimum atomic E-state index is -0.310. The van der Waals surface area contributed by atoms with Crippen LogP contribution in [0, 0.1) is 0 Å². The second-order valence-corrected chi connectivity index (χ2v) is 6.98. The number of hydrogen-bond acceptors (Lipinski definition) is 5. The van der Waals surface area contributed by atoms with Gasteiger partial charge in [0.05, 0.1) is 36.7 Å². The molecule has 160 valence electrons. The number of benzene rings is 3. The van der Waals surface area contributed by atoms with E-state index in [1.54, 1.807) is 25.5 Å². The number of nitrogens with zero attached hydrogens (tertiary/aromatic N) is 2. The molecular weight excluding hydrogens is 402 g/mol. The fraction of sp³-hybridized carbons (Fsp3) is 0.115.